The first-order valence-electron chi connectivity index (χ1n) is 15.0. The van der Waals surface area contributed by atoms with Gasteiger partial charge in [0.1, 0.15) is 11.4 Å². The zero-order valence-corrected chi connectivity index (χ0v) is 26.3. The SMILES string of the molecule is CC1CC(C)CC2(C1)N=C(c1cc(Cl)cc(Cl)c1)C(=O)N2[C@H](CCC1(C)CC1)c1ccc(C(=O)NCc2nn[nH]n2)cc1. The number of aromatic amines is 1. The molecule has 226 valence electrons. The summed E-state index contributed by atoms with van der Waals surface area (Å²) in [6.07, 6.45) is 6.93. The highest BCUT2D eigenvalue weighted by Gasteiger charge is 2.53. The zero-order chi connectivity index (χ0) is 30.4. The largest absolute Gasteiger partial charge is 0.345 e. The molecule has 11 heteroatoms. The Bertz CT molecular complexity index is 1510. The van der Waals surface area contributed by atoms with Gasteiger partial charge in [-0.15, -0.1) is 10.2 Å². The summed E-state index contributed by atoms with van der Waals surface area (Å²) < 4.78 is 0. The van der Waals surface area contributed by atoms with E-state index in [1.807, 2.05) is 24.3 Å². The Kier molecular flexibility index (Phi) is 8.07. The highest BCUT2D eigenvalue weighted by atomic mass is 35.5. The minimum Gasteiger partial charge on any atom is -0.345 e. The second-order valence-corrected chi connectivity index (χ2v) is 14.0. The van der Waals surface area contributed by atoms with Gasteiger partial charge in [0.25, 0.3) is 11.8 Å². The van der Waals surface area contributed by atoms with Gasteiger partial charge in [0, 0.05) is 21.2 Å². The standard InChI is InChI=1S/C32H37Cl2N7O2/c1-19-12-20(2)17-32(16-19)36-28(23-13-24(33)15-25(34)14-23)30(43)41(32)26(8-9-31(3)10-11-31)21-4-6-22(7-5-21)29(42)35-18-27-37-39-40-38-27/h4-7,13-15,19-20,26H,8-12,16-18H2,1-3H3,(H,35,42)(H,37,38,39,40)/t19?,20?,26-,32?/m1/s1. The Morgan fingerprint density at radius 1 is 1.09 bits per heavy atom. The molecule has 0 bridgehead atoms. The highest BCUT2D eigenvalue weighted by molar-refractivity contribution is 6.47. The van der Waals surface area contributed by atoms with E-state index in [0.29, 0.717) is 50.0 Å². The Labute approximate surface area is 261 Å². The lowest BCUT2D eigenvalue weighted by atomic mass is 9.75. The van der Waals surface area contributed by atoms with Crippen molar-refractivity contribution in [2.75, 3.05) is 0 Å². The van der Waals surface area contributed by atoms with Crippen molar-refractivity contribution in [3.05, 3.63) is 75.0 Å². The first kappa shape index (κ1) is 29.8. The molecule has 0 radical (unpaired) electrons. The van der Waals surface area contributed by atoms with Crippen LogP contribution in [0, 0.1) is 17.3 Å². The number of amides is 2. The quantitative estimate of drug-likeness (QED) is 0.281. The minimum absolute atomic E-state index is 0.0903. The summed E-state index contributed by atoms with van der Waals surface area (Å²) in [5.74, 6) is 0.913. The van der Waals surface area contributed by atoms with Crippen molar-refractivity contribution >= 4 is 40.7 Å². The van der Waals surface area contributed by atoms with Crippen molar-refractivity contribution in [3.8, 4) is 0 Å². The molecule has 1 spiro atoms. The average Bonchev–Trinajstić information content (AvgIpc) is 3.34. The summed E-state index contributed by atoms with van der Waals surface area (Å²) in [7, 11) is 0. The van der Waals surface area contributed by atoms with Crippen molar-refractivity contribution in [1.82, 2.24) is 30.8 Å². The van der Waals surface area contributed by atoms with Gasteiger partial charge in [0.2, 0.25) is 0 Å². The van der Waals surface area contributed by atoms with Gasteiger partial charge < -0.3 is 10.2 Å². The number of aromatic nitrogens is 4. The maximum atomic E-state index is 14.6. The van der Waals surface area contributed by atoms with E-state index >= 15 is 0 Å². The molecule has 3 atom stereocenters. The van der Waals surface area contributed by atoms with Gasteiger partial charge in [0.15, 0.2) is 5.82 Å². The van der Waals surface area contributed by atoms with Gasteiger partial charge >= 0.3 is 0 Å². The van der Waals surface area contributed by atoms with E-state index in [0.717, 1.165) is 37.7 Å². The second-order valence-electron chi connectivity index (χ2n) is 13.1. The van der Waals surface area contributed by atoms with E-state index in [-0.39, 0.29) is 24.4 Å². The molecule has 3 aromatic rings. The molecule has 2 aromatic carbocycles. The lowest BCUT2D eigenvalue weighted by Crippen LogP contribution is -2.52. The van der Waals surface area contributed by atoms with Crippen LogP contribution in [0.3, 0.4) is 0 Å². The van der Waals surface area contributed by atoms with Crippen LogP contribution < -0.4 is 5.32 Å². The number of nitrogens with one attached hydrogen (secondary N) is 2. The molecular formula is C32H37Cl2N7O2. The van der Waals surface area contributed by atoms with Gasteiger partial charge in [-0.3, -0.25) is 14.6 Å². The summed E-state index contributed by atoms with van der Waals surface area (Å²) >= 11 is 12.8. The van der Waals surface area contributed by atoms with Gasteiger partial charge in [-0.1, -0.05) is 61.3 Å². The lowest BCUT2D eigenvalue weighted by molar-refractivity contribution is -0.134. The molecule has 9 nitrogen and oxygen atoms in total. The topological polar surface area (TPSA) is 116 Å². The number of benzene rings is 2. The van der Waals surface area contributed by atoms with Crippen molar-refractivity contribution in [1.29, 1.82) is 0 Å². The predicted molar refractivity (Wildman–Crippen MR) is 166 cm³/mol. The summed E-state index contributed by atoms with van der Waals surface area (Å²) in [4.78, 5) is 34.8. The Hall–Kier alpha value is -3.30. The van der Waals surface area contributed by atoms with Crippen LogP contribution in [0.5, 0.6) is 0 Å². The Balaban J connectivity index is 1.35. The molecule has 2 amide bonds. The number of tetrazole rings is 1. The number of H-pyrrole nitrogens is 1. The van der Waals surface area contributed by atoms with Crippen LogP contribution in [0.15, 0.2) is 47.5 Å². The molecule has 6 rings (SSSR count). The molecule has 2 N–H and O–H groups in total. The molecule has 2 fully saturated rings. The molecule has 1 aliphatic heterocycles. The van der Waals surface area contributed by atoms with Crippen LogP contribution in [-0.4, -0.2) is 48.7 Å². The molecule has 2 heterocycles. The number of carbonyl (C=O) groups excluding carboxylic acids is 2. The first-order chi connectivity index (χ1) is 20.5. The molecular weight excluding hydrogens is 585 g/mol. The van der Waals surface area contributed by atoms with Crippen LogP contribution in [0.1, 0.15) is 99.1 Å². The lowest BCUT2D eigenvalue weighted by Gasteiger charge is -2.47. The van der Waals surface area contributed by atoms with E-state index in [2.05, 4.69) is 51.6 Å². The van der Waals surface area contributed by atoms with Crippen molar-refractivity contribution in [3.63, 3.8) is 0 Å². The number of halogens is 2. The summed E-state index contributed by atoms with van der Waals surface area (Å²) in [6, 6.07) is 12.6. The van der Waals surface area contributed by atoms with Crippen molar-refractivity contribution < 1.29 is 9.59 Å². The van der Waals surface area contributed by atoms with Crippen LogP contribution in [0.4, 0.5) is 0 Å². The van der Waals surface area contributed by atoms with Crippen LogP contribution in [-0.2, 0) is 11.3 Å². The minimum atomic E-state index is -0.659. The van der Waals surface area contributed by atoms with E-state index in [4.69, 9.17) is 28.2 Å². The molecule has 1 aromatic heterocycles. The van der Waals surface area contributed by atoms with E-state index in [1.165, 1.54) is 12.8 Å². The Morgan fingerprint density at radius 3 is 2.37 bits per heavy atom. The van der Waals surface area contributed by atoms with E-state index < -0.39 is 5.66 Å². The summed E-state index contributed by atoms with van der Waals surface area (Å²) in [5.41, 5.74) is 2.24. The van der Waals surface area contributed by atoms with E-state index in [1.54, 1.807) is 18.2 Å². The normalized spacial score (nSPS) is 25.1. The van der Waals surface area contributed by atoms with Gasteiger partial charge in [0.05, 0.1) is 12.6 Å². The van der Waals surface area contributed by atoms with Crippen LogP contribution in [0.25, 0.3) is 0 Å². The van der Waals surface area contributed by atoms with Gasteiger partial charge in [-0.05, 0) is 98.1 Å². The second kappa shape index (κ2) is 11.7. The molecule has 3 aliphatic rings. The van der Waals surface area contributed by atoms with Crippen molar-refractivity contribution in [2.45, 2.75) is 84.0 Å². The molecule has 0 saturated heterocycles. The number of rotatable bonds is 9. The summed E-state index contributed by atoms with van der Waals surface area (Å²) in [5, 5.41) is 17.4. The maximum Gasteiger partial charge on any atom is 0.275 e. The monoisotopic (exact) mass is 621 g/mol. The fourth-order valence-electron chi connectivity index (χ4n) is 7.03. The smallest absolute Gasteiger partial charge is 0.275 e. The molecule has 2 saturated carbocycles. The number of nitrogens with zero attached hydrogens (tertiary/aromatic N) is 5. The zero-order valence-electron chi connectivity index (χ0n) is 24.7. The van der Waals surface area contributed by atoms with Crippen LogP contribution >= 0.6 is 23.2 Å². The third-order valence-electron chi connectivity index (χ3n) is 9.27. The maximum absolute atomic E-state index is 14.6. The molecule has 43 heavy (non-hydrogen) atoms. The van der Waals surface area contributed by atoms with Gasteiger partial charge in [-0.2, -0.15) is 5.21 Å². The number of carbonyl (C=O) groups is 2. The van der Waals surface area contributed by atoms with Gasteiger partial charge in [-0.25, -0.2) is 0 Å². The third kappa shape index (κ3) is 6.34. The van der Waals surface area contributed by atoms with E-state index in [9.17, 15) is 9.59 Å². The fraction of sp³-hybridized carbons (Fsp3) is 0.500. The van der Waals surface area contributed by atoms with Crippen LogP contribution in [0.2, 0.25) is 10.0 Å². The van der Waals surface area contributed by atoms with Crippen molar-refractivity contribution in [2.24, 2.45) is 22.2 Å². The number of aliphatic imine (C=N–C) groups is 1. The summed E-state index contributed by atoms with van der Waals surface area (Å²) in [6.45, 7) is 7.01. The fourth-order valence-corrected chi connectivity index (χ4v) is 7.56. The average molecular weight is 623 g/mol. The predicted octanol–water partition coefficient (Wildman–Crippen LogP) is 6.54. The number of hydrogen-bond acceptors (Lipinski definition) is 6. The first-order valence-corrected chi connectivity index (χ1v) is 15.8. The highest BCUT2D eigenvalue weighted by Crippen LogP contribution is 2.53. The molecule has 2 aliphatic carbocycles. The number of hydrogen-bond donors (Lipinski definition) is 2. The third-order valence-corrected chi connectivity index (χ3v) is 9.71. The molecule has 2 unspecified atom stereocenters. The Morgan fingerprint density at radius 2 is 1.77 bits per heavy atom.